The molecule has 1 saturated carbocycles. The molecule has 8 N–H and O–H groups in total. The molecular weight excluding hydrogens is 885 g/mol. The topological polar surface area (TPSA) is 208 Å². The number of anilines is 2. The molecule has 1 fully saturated rings. The number of hydrogen-bond acceptors (Lipinski definition) is 12. The van der Waals surface area contributed by atoms with Crippen molar-refractivity contribution < 1.29 is 44.9 Å². The number of Topliss-reactive ketones (excluding diaryl/α,β-unsaturated/α-hetero) is 1. The summed E-state index contributed by atoms with van der Waals surface area (Å²) >= 11 is 0. The first kappa shape index (κ1) is 48.5. The number of nitrogens with zero attached hydrogens (tertiary/aromatic N) is 2. The van der Waals surface area contributed by atoms with Gasteiger partial charge in [-0.15, -0.1) is 0 Å². The van der Waals surface area contributed by atoms with Crippen LogP contribution in [-0.2, 0) is 23.1 Å². The van der Waals surface area contributed by atoms with E-state index in [0.29, 0.717) is 68.3 Å². The van der Waals surface area contributed by atoms with Crippen LogP contribution in [0.2, 0.25) is 0 Å². The Hall–Kier alpha value is -6.54. The van der Waals surface area contributed by atoms with Crippen LogP contribution in [0.1, 0.15) is 91.7 Å². The Morgan fingerprint density at radius 2 is 1.83 bits per heavy atom. The lowest BCUT2D eigenvalue weighted by molar-refractivity contribution is -0.132. The number of nitrogens with one attached hydrogen (secondary N) is 2. The molecule has 9 atom stereocenters. The number of phenolic OH excluding ortho intramolecular Hbond substituents is 4. The van der Waals surface area contributed by atoms with Gasteiger partial charge in [-0.25, -0.2) is 4.98 Å². The molecule has 1 spiro atoms. The van der Waals surface area contributed by atoms with Crippen LogP contribution in [0, 0.1) is 23.7 Å². The van der Waals surface area contributed by atoms with Crippen LogP contribution in [0.15, 0.2) is 109 Å². The first-order valence-corrected chi connectivity index (χ1v) is 24.7. The van der Waals surface area contributed by atoms with E-state index >= 15 is 4.79 Å². The molecule has 3 heterocycles. The number of carbonyl (C=O) groups excluding carboxylic acids is 1. The number of benzene rings is 4. The largest absolute Gasteiger partial charge is 0.668 e. The Morgan fingerprint density at radius 1 is 0.971 bits per heavy atom. The molecule has 0 radical (unpaired) electrons. The lowest BCUT2D eigenvalue weighted by Crippen LogP contribution is -2.51. The van der Waals surface area contributed by atoms with Gasteiger partial charge in [0, 0.05) is 36.2 Å². The SMILES string of the molecule is CNCC1CC(c2cc(O)c(O)c(OCC3C=CCC(C)C3)c2)CC(=O)C(C(O)CCc2ccc(O)c(OC)c2)C2(CCC(O)C2Cc2ccc[n-]2)c2ccnc(c2)Nc2ccc3cc(O)ccc3c21. The van der Waals surface area contributed by atoms with Crippen LogP contribution < -0.4 is 25.1 Å². The predicted molar refractivity (Wildman–Crippen MR) is 269 cm³/mol. The normalized spacial score (nSPS) is 25.1. The molecule has 2 aliphatic carbocycles. The monoisotopic (exact) mass is 949 g/mol. The third-order valence-corrected chi connectivity index (χ3v) is 15.4. The molecule has 4 aromatic carbocycles. The zero-order chi connectivity index (χ0) is 49.1. The third-order valence-electron chi connectivity index (χ3n) is 15.4. The molecule has 0 amide bonds. The Balaban J connectivity index is 1.23. The fourth-order valence-corrected chi connectivity index (χ4v) is 12.1. The lowest BCUT2D eigenvalue weighted by Gasteiger charge is -2.46. The van der Waals surface area contributed by atoms with E-state index < -0.39 is 35.4 Å². The highest BCUT2D eigenvalue weighted by Gasteiger charge is 2.57. The number of likely N-dealkylation sites (N-methyl/N-ethyl adjacent to an activating group) is 1. The van der Waals surface area contributed by atoms with Gasteiger partial charge in [0.25, 0.3) is 0 Å². The van der Waals surface area contributed by atoms with Gasteiger partial charge in [-0.3, -0.25) is 4.79 Å². The van der Waals surface area contributed by atoms with Crippen molar-refractivity contribution in [1.29, 1.82) is 0 Å². The minimum atomic E-state index is -1.22. The summed E-state index contributed by atoms with van der Waals surface area (Å²) in [5.74, 6) is -1.82. The predicted octanol–water partition coefficient (Wildman–Crippen LogP) is 9.06. The van der Waals surface area contributed by atoms with Gasteiger partial charge in [-0.2, -0.15) is 11.9 Å². The maximum atomic E-state index is 16.2. The maximum absolute atomic E-state index is 16.2. The minimum absolute atomic E-state index is 0.00710. The second-order valence-electron chi connectivity index (χ2n) is 20.0. The molecule has 6 aromatic rings. The average molecular weight is 950 g/mol. The molecule has 0 saturated heterocycles. The van der Waals surface area contributed by atoms with Crippen molar-refractivity contribution in [2.24, 2.45) is 23.7 Å². The van der Waals surface area contributed by atoms with Crippen molar-refractivity contribution in [3.05, 3.63) is 137 Å². The van der Waals surface area contributed by atoms with Gasteiger partial charge < -0.3 is 55.7 Å². The summed E-state index contributed by atoms with van der Waals surface area (Å²) in [4.78, 5) is 25.7. The van der Waals surface area contributed by atoms with E-state index in [9.17, 15) is 30.6 Å². The van der Waals surface area contributed by atoms with Gasteiger partial charge >= 0.3 is 0 Å². The summed E-state index contributed by atoms with van der Waals surface area (Å²) in [5.41, 5.74) is 3.49. The number of aryl methyl sites for hydroxylation is 1. The number of aromatic nitrogens is 2. The summed E-state index contributed by atoms with van der Waals surface area (Å²) in [5, 5.41) is 77.9. The number of ketones is 1. The molecule has 2 aromatic heterocycles. The number of pyridine rings is 1. The minimum Gasteiger partial charge on any atom is -0.668 e. The molecule has 368 valence electrons. The van der Waals surface area contributed by atoms with Gasteiger partial charge in [-0.05, 0) is 170 Å². The summed E-state index contributed by atoms with van der Waals surface area (Å²) in [6, 6.07) is 25.2. The number of hydrogen-bond donors (Lipinski definition) is 8. The molecular formula is C57H65N4O9-. The summed E-state index contributed by atoms with van der Waals surface area (Å²) in [7, 11) is 3.36. The molecule has 13 nitrogen and oxygen atoms in total. The van der Waals surface area contributed by atoms with E-state index in [1.165, 1.54) is 13.2 Å². The molecule has 9 unspecified atom stereocenters. The first-order valence-electron chi connectivity index (χ1n) is 24.7. The number of ether oxygens (including phenoxy) is 2. The molecule has 9 rings (SSSR count). The van der Waals surface area contributed by atoms with Crippen molar-refractivity contribution in [3.63, 3.8) is 0 Å². The van der Waals surface area contributed by atoms with Gasteiger partial charge in [0.05, 0.1) is 31.8 Å². The van der Waals surface area contributed by atoms with Crippen molar-refractivity contribution in [3.8, 4) is 34.5 Å². The number of aliphatic hydroxyl groups is 2. The number of rotatable bonds is 13. The van der Waals surface area contributed by atoms with Crippen LogP contribution in [0.25, 0.3) is 10.8 Å². The van der Waals surface area contributed by atoms with Crippen LogP contribution in [0.3, 0.4) is 0 Å². The van der Waals surface area contributed by atoms with Crippen molar-refractivity contribution in [2.75, 3.05) is 32.6 Å². The highest BCUT2D eigenvalue weighted by Crippen LogP contribution is 2.56. The van der Waals surface area contributed by atoms with Gasteiger partial charge in [-0.1, -0.05) is 49.4 Å². The van der Waals surface area contributed by atoms with E-state index in [-0.39, 0.29) is 59.2 Å². The van der Waals surface area contributed by atoms with Gasteiger partial charge in [0.2, 0.25) is 5.75 Å². The van der Waals surface area contributed by atoms with Gasteiger partial charge in [0.1, 0.15) is 17.4 Å². The second kappa shape index (κ2) is 20.8. The number of allylic oxidation sites excluding steroid dienone is 1. The van der Waals surface area contributed by atoms with Crippen LogP contribution >= 0.6 is 0 Å². The van der Waals surface area contributed by atoms with Gasteiger partial charge in [0.15, 0.2) is 23.0 Å². The maximum Gasteiger partial charge on any atom is 0.200 e. The number of carbonyl (C=O) groups is 1. The summed E-state index contributed by atoms with van der Waals surface area (Å²) < 4.78 is 11.8. The number of methoxy groups -OCH3 is 1. The first-order chi connectivity index (χ1) is 33.8. The Bertz CT molecular complexity index is 2830. The number of aliphatic hydroxyl groups excluding tert-OH is 2. The van der Waals surface area contributed by atoms with E-state index in [2.05, 4.69) is 34.7 Å². The van der Waals surface area contributed by atoms with E-state index in [1.54, 1.807) is 48.8 Å². The molecule has 3 aliphatic rings. The number of phenols is 4. The lowest BCUT2D eigenvalue weighted by atomic mass is 9.58. The number of aromatic hydroxyl groups is 4. The number of fused-ring (bicyclic) bond motifs is 6. The fourth-order valence-electron chi connectivity index (χ4n) is 12.1. The zero-order valence-electron chi connectivity index (χ0n) is 40.1. The Morgan fingerprint density at radius 3 is 2.61 bits per heavy atom. The molecule has 13 heteroatoms. The highest BCUT2D eigenvalue weighted by molar-refractivity contribution is 5.93. The smallest absolute Gasteiger partial charge is 0.200 e. The average Bonchev–Trinajstić information content (AvgIpc) is 3.99. The quantitative estimate of drug-likeness (QED) is 0.0402. The Kier molecular flexibility index (Phi) is 14.4. The second-order valence-corrected chi connectivity index (χ2v) is 20.0. The zero-order valence-corrected chi connectivity index (χ0v) is 40.1. The molecule has 70 heavy (non-hydrogen) atoms. The van der Waals surface area contributed by atoms with Crippen LogP contribution in [0.4, 0.5) is 11.5 Å². The summed E-state index contributed by atoms with van der Waals surface area (Å²) in [6.07, 6.45) is 9.51. The summed E-state index contributed by atoms with van der Waals surface area (Å²) in [6.45, 7) is 2.96. The van der Waals surface area contributed by atoms with Crippen LogP contribution in [0.5, 0.6) is 34.5 Å². The van der Waals surface area contributed by atoms with Crippen molar-refractivity contribution >= 4 is 28.1 Å². The van der Waals surface area contributed by atoms with E-state index in [1.807, 2.05) is 49.5 Å². The van der Waals surface area contributed by atoms with Crippen molar-refractivity contribution in [2.45, 2.75) is 94.2 Å². The van der Waals surface area contributed by atoms with Crippen molar-refractivity contribution in [1.82, 2.24) is 15.3 Å². The third kappa shape index (κ3) is 9.92. The fraction of sp³-hybridized carbons (Fsp3) is 0.404. The standard InChI is InChI=1S/C57H65N4O9/c1-33-6-4-7-35(22-33)32-70-52-28-38(27-50(67)56(52)68)37-24-39(31-58-2)54-43-13-12-42(62)25-36(43)11-14-45(54)61-53-29-40(18-21-60-53)57(19-17-46(63)44(57)30-41-8-5-20-59-41)55(49(66)26-37)48(65)16-10-34-9-15-47(64)51(23-34)69-3/h4-5,7-9,11-15,18,20-21,23,25,27-29,33,35,37,39,44,46,48,55,58,62-65,67-68H,6,10,16-17,19,22,24,26,30-32H2,1-3H3,(H,60,61)/q-1. The van der Waals surface area contributed by atoms with E-state index in [4.69, 9.17) is 14.5 Å². The van der Waals surface area contributed by atoms with Crippen LogP contribution in [-0.4, -0.2) is 80.9 Å². The Labute approximate surface area is 409 Å². The van der Waals surface area contributed by atoms with E-state index in [0.717, 1.165) is 51.7 Å². The molecule has 2 bridgehead atoms. The highest BCUT2D eigenvalue weighted by atomic mass is 16.5. The molecule has 1 aliphatic heterocycles.